The number of nitrogens with one attached hydrogen (secondary N) is 1. The van der Waals surface area contributed by atoms with Gasteiger partial charge in [0, 0.05) is 30.1 Å². The second kappa shape index (κ2) is 7.63. The third-order valence-electron chi connectivity index (χ3n) is 4.27. The highest BCUT2D eigenvalue weighted by Gasteiger charge is 2.28. The molecule has 134 valence electrons. The van der Waals surface area contributed by atoms with Crippen LogP contribution in [0.1, 0.15) is 24.4 Å². The standard InChI is InChI=1S/C19H20N4O3/c1-13-17(21-9-10-24-13)19-22-18(23-26-19)15-4-6-16(7-5-15)25-12-14-3-2-8-20-11-14/h2-8,11,13,17,21H,9-10,12H2,1H3/t13-,17+/m1/s1. The molecule has 0 spiro atoms. The minimum absolute atomic E-state index is 0.000280. The summed E-state index contributed by atoms with van der Waals surface area (Å²) in [5, 5.41) is 7.43. The number of ether oxygens (including phenoxy) is 2. The first-order chi connectivity index (χ1) is 12.8. The first-order valence-electron chi connectivity index (χ1n) is 8.60. The molecule has 1 aromatic carbocycles. The van der Waals surface area contributed by atoms with Crippen molar-refractivity contribution in [1.29, 1.82) is 0 Å². The molecule has 2 aromatic heterocycles. The summed E-state index contributed by atoms with van der Waals surface area (Å²) in [6.45, 7) is 3.94. The summed E-state index contributed by atoms with van der Waals surface area (Å²) in [6.07, 6.45) is 3.53. The molecule has 7 heteroatoms. The second-order valence-electron chi connectivity index (χ2n) is 6.14. The number of nitrogens with zero attached hydrogens (tertiary/aromatic N) is 3. The highest BCUT2D eigenvalue weighted by molar-refractivity contribution is 5.55. The minimum atomic E-state index is -0.0768. The van der Waals surface area contributed by atoms with E-state index in [-0.39, 0.29) is 12.1 Å². The molecule has 1 fully saturated rings. The Labute approximate surface area is 151 Å². The lowest BCUT2D eigenvalue weighted by Gasteiger charge is -2.27. The maximum atomic E-state index is 5.77. The first-order valence-corrected chi connectivity index (χ1v) is 8.60. The van der Waals surface area contributed by atoms with Crippen LogP contribution in [0, 0.1) is 0 Å². The van der Waals surface area contributed by atoms with Gasteiger partial charge in [0.2, 0.25) is 11.7 Å². The predicted octanol–water partition coefficient (Wildman–Crippen LogP) is 2.76. The van der Waals surface area contributed by atoms with Crippen LogP contribution in [0.15, 0.2) is 53.3 Å². The highest BCUT2D eigenvalue weighted by Crippen LogP contribution is 2.25. The van der Waals surface area contributed by atoms with Gasteiger partial charge in [-0.1, -0.05) is 11.2 Å². The van der Waals surface area contributed by atoms with Gasteiger partial charge in [-0.3, -0.25) is 4.98 Å². The van der Waals surface area contributed by atoms with Crippen molar-refractivity contribution in [3.8, 4) is 17.1 Å². The predicted molar refractivity (Wildman–Crippen MR) is 94.5 cm³/mol. The molecule has 1 saturated heterocycles. The Morgan fingerprint density at radius 2 is 2.12 bits per heavy atom. The van der Waals surface area contributed by atoms with E-state index in [4.69, 9.17) is 14.0 Å². The van der Waals surface area contributed by atoms with Gasteiger partial charge in [-0.15, -0.1) is 0 Å². The third-order valence-corrected chi connectivity index (χ3v) is 4.27. The Kier molecular flexibility index (Phi) is 4.90. The molecule has 3 heterocycles. The molecule has 1 aliphatic heterocycles. The molecule has 1 aliphatic rings. The van der Waals surface area contributed by atoms with Crippen molar-refractivity contribution in [1.82, 2.24) is 20.4 Å². The zero-order valence-corrected chi connectivity index (χ0v) is 14.5. The number of pyridine rings is 1. The van der Waals surface area contributed by atoms with Crippen molar-refractivity contribution in [2.24, 2.45) is 0 Å². The van der Waals surface area contributed by atoms with Crippen molar-refractivity contribution < 1.29 is 14.0 Å². The summed E-state index contributed by atoms with van der Waals surface area (Å²) in [5.41, 5.74) is 1.90. The summed E-state index contributed by atoms with van der Waals surface area (Å²) in [5.74, 6) is 1.87. The Balaban J connectivity index is 1.42. The van der Waals surface area contributed by atoms with E-state index in [2.05, 4.69) is 20.4 Å². The van der Waals surface area contributed by atoms with Gasteiger partial charge in [0.1, 0.15) is 18.4 Å². The molecule has 7 nitrogen and oxygen atoms in total. The van der Waals surface area contributed by atoms with Crippen LogP contribution in [0.5, 0.6) is 5.75 Å². The molecule has 0 amide bonds. The lowest BCUT2D eigenvalue weighted by molar-refractivity contribution is -0.00136. The topological polar surface area (TPSA) is 82.3 Å². The number of hydrogen-bond acceptors (Lipinski definition) is 7. The Morgan fingerprint density at radius 1 is 1.23 bits per heavy atom. The van der Waals surface area contributed by atoms with Gasteiger partial charge in [0.05, 0.1) is 12.7 Å². The van der Waals surface area contributed by atoms with Gasteiger partial charge < -0.3 is 19.3 Å². The average molecular weight is 352 g/mol. The number of hydrogen-bond donors (Lipinski definition) is 1. The van der Waals surface area contributed by atoms with Crippen molar-refractivity contribution in [3.05, 3.63) is 60.2 Å². The highest BCUT2D eigenvalue weighted by atomic mass is 16.5. The molecule has 1 N–H and O–H groups in total. The molecule has 0 aliphatic carbocycles. The molecule has 0 radical (unpaired) electrons. The minimum Gasteiger partial charge on any atom is -0.489 e. The Hall–Kier alpha value is -2.77. The quantitative estimate of drug-likeness (QED) is 0.756. The zero-order valence-electron chi connectivity index (χ0n) is 14.5. The fraction of sp³-hybridized carbons (Fsp3) is 0.316. The average Bonchev–Trinajstić information content (AvgIpc) is 3.18. The van der Waals surface area contributed by atoms with Crippen LogP contribution in [0.2, 0.25) is 0 Å². The Bertz CT molecular complexity index is 836. The van der Waals surface area contributed by atoms with Crippen molar-refractivity contribution in [3.63, 3.8) is 0 Å². The number of morpholine rings is 1. The van der Waals surface area contributed by atoms with E-state index >= 15 is 0 Å². The third kappa shape index (κ3) is 3.74. The molecule has 2 atom stereocenters. The van der Waals surface area contributed by atoms with Crippen LogP contribution in [0.4, 0.5) is 0 Å². The molecule has 4 rings (SSSR count). The molecule has 0 unspecified atom stereocenters. The molecular weight excluding hydrogens is 332 g/mol. The van der Waals surface area contributed by atoms with Crippen molar-refractivity contribution in [2.45, 2.75) is 25.7 Å². The lowest BCUT2D eigenvalue weighted by atomic mass is 10.1. The molecular formula is C19H20N4O3. The number of rotatable bonds is 5. The van der Waals surface area contributed by atoms with Crippen LogP contribution < -0.4 is 10.1 Å². The molecule has 0 bridgehead atoms. The van der Waals surface area contributed by atoms with Crippen molar-refractivity contribution >= 4 is 0 Å². The van der Waals surface area contributed by atoms with Crippen molar-refractivity contribution in [2.75, 3.05) is 13.2 Å². The summed E-state index contributed by atoms with van der Waals surface area (Å²) >= 11 is 0. The van der Waals surface area contributed by atoms with E-state index in [1.165, 1.54) is 0 Å². The van der Waals surface area contributed by atoms with E-state index in [9.17, 15) is 0 Å². The maximum absolute atomic E-state index is 5.77. The fourth-order valence-electron chi connectivity index (χ4n) is 2.84. The number of benzene rings is 1. The van der Waals surface area contributed by atoms with E-state index < -0.39 is 0 Å². The van der Waals surface area contributed by atoms with E-state index in [1.807, 2.05) is 43.3 Å². The molecule has 0 saturated carbocycles. The van der Waals surface area contributed by atoms with Crippen LogP contribution >= 0.6 is 0 Å². The van der Waals surface area contributed by atoms with Gasteiger partial charge in [0.25, 0.3) is 0 Å². The Morgan fingerprint density at radius 3 is 2.88 bits per heavy atom. The first kappa shape index (κ1) is 16.7. The second-order valence-corrected chi connectivity index (χ2v) is 6.14. The van der Waals surface area contributed by atoms with Crippen LogP contribution in [-0.4, -0.2) is 34.4 Å². The smallest absolute Gasteiger partial charge is 0.246 e. The van der Waals surface area contributed by atoms with Gasteiger partial charge in [-0.05, 0) is 37.3 Å². The van der Waals surface area contributed by atoms with E-state index in [0.29, 0.717) is 24.9 Å². The van der Waals surface area contributed by atoms with E-state index in [1.54, 1.807) is 12.4 Å². The summed E-state index contributed by atoms with van der Waals surface area (Å²) < 4.78 is 16.8. The van der Waals surface area contributed by atoms with E-state index in [0.717, 1.165) is 23.4 Å². The summed E-state index contributed by atoms with van der Waals surface area (Å²) in [4.78, 5) is 8.58. The molecule has 26 heavy (non-hydrogen) atoms. The van der Waals surface area contributed by atoms with Crippen LogP contribution in [0.25, 0.3) is 11.4 Å². The van der Waals surface area contributed by atoms with Gasteiger partial charge in [0.15, 0.2) is 0 Å². The number of aromatic nitrogens is 3. The fourth-order valence-corrected chi connectivity index (χ4v) is 2.84. The van der Waals surface area contributed by atoms with Gasteiger partial charge in [-0.25, -0.2) is 0 Å². The van der Waals surface area contributed by atoms with Gasteiger partial charge >= 0.3 is 0 Å². The zero-order chi connectivity index (χ0) is 17.8. The normalized spacial score (nSPS) is 20.0. The van der Waals surface area contributed by atoms with Gasteiger partial charge in [-0.2, -0.15) is 4.98 Å². The summed E-state index contributed by atoms with van der Waals surface area (Å²) in [6, 6.07) is 11.4. The summed E-state index contributed by atoms with van der Waals surface area (Å²) in [7, 11) is 0. The SMILES string of the molecule is C[C@H]1OCCN[C@@H]1c1nc(-c2ccc(OCc3cccnc3)cc2)no1. The largest absolute Gasteiger partial charge is 0.489 e. The molecule has 3 aromatic rings. The maximum Gasteiger partial charge on any atom is 0.246 e. The van der Waals surface area contributed by atoms with Crippen LogP contribution in [-0.2, 0) is 11.3 Å². The lowest BCUT2D eigenvalue weighted by Crippen LogP contribution is -2.40. The monoisotopic (exact) mass is 352 g/mol. The van der Waals surface area contributed by atoms with Crippen LogP contribution in [0.3, 0.4) is 0 Å².